The molecule has 1 aromatic carbocycles. The highest BCUT2D eigenvalue weighted by Crippen LogP contribution is 2.27. The zero-order valence-corrected chi connectivity index (χ0v) is 10.8. The number of benzene rings is 1. The lowest BCUT2D eigenvalue weighted by molar-refractivity contribution is -0.133. The Morgan fingerprint density at radius 3 is 2.42 bits per heavy atom. The van der Waals surface area contributed by atoms with Gasteiger partial charge in [-0.25, -0.2) is 8.78 Å². The molecule has 0 spiro atoms. The number of hydrogen-bond acceptors (Lipinski definition) is 2. The molecule has 6 heteroatoms. The highest BCUT2D eigenvalue weighted by Gasteiger charge is 2.38. The Morgan fingerprint density at radius 1 is 1.16 bits per heavy atom. The summed E-state index contributed by atoms with van der Waals surface area (Å²) in [7, 11) is 0. The average Bonchev–Trinajstić information content (AvgIpc) is 2.33. The molecule has 1 aromatic rings. The summed E-state index contributed by atoms with van der Waals surface area (Å²) < 4.78 is 27.5. The van der Waals surface area contributed by atoms with Crippen LogP contribution < -0.4 is 10.2 Å². The van der Waals surface area contributed by atoms with Crippen molar-refractivity contribution in [1.29, 1.82) is 0 Å². The van der Waals surface area contributed by atoms with Gasteiger partial charge in [-0.2, -0.15) is 0 Å². The smallest absolute Gasteiger partial charge is 0.250 e. The van der Waals surface area contributed by atoms with E-state index in [1.54, 1.807) is 0 Å². The van der Waals surface area contributed by atoms with Gasteiger partial charge in [0.1, 0.15) is 23.7 Å². The summed E-state index contributed by atoms with van der Waals surface area (Å²) in [5.74, 6) is -2.20. The highest BCUT2D eigenvalue weighted by atomic mass is 19.1. The Balaban J connectivity index is 2.52. The second-order valence-electron chi connectivity index (χ2n) is 4.67. The van der Waals surface area contributed by atoms with Crippen LogP contribution >= 0.6 is 0 Å². The van der Waals surface area contributed by atoms with Gasteiger partial charge in [0.05, 0.1) is 5.69 Å². The van der Waals surface area contributed by atoms with Crippen LogP contribution in [0.3, 0.4) is 0 Å². The van der Waals surface area contributed by atoms with E-state index in [4.69, 9.17) is 0 Å². The van der Waals surface area contributed by atoms with Crippen LogP contribution in [0.4, 0.5) is 14.5 Å². The molecule has 2 atom stereocenters. The topological polar surface area (TPSA) is 49.4 Å². The predicted molar refractivity (Wildman–Crippen MR) is 65.6 cm³/mol. The molecule has 2 unspecified atom stereocenters. The van der Waals surface area contributed by atoms with Crippen molar-refractivity contribution >= 4 is 17.5 Å². The Morgan fingerprint density at radius 2 is 1.79 bits per heavy atom. The molecule has 2 rings (SSSR count). The number of hydrogen-bond donors (Lipinski definition) is 1. The van der Waals surface area contributed by atoms with Crippen LogP contribution in [0.2, 0.25) is 0 Å². The van der Waals surface area contributed by atoms with E-state index in [2.05, 4.69) is 5.32 Å². The van der Waals surface area contributed by atoms with Gasteiger partial charge < -0.3 is 5.32 Å². The minimum Gasteiger partial charge on any atom is -0.343 e. The van der Waals surface area contributed by atoms with Gasteiger partial charge in [0.25, 0.3) is 0 Å². The molecule has 102 valence electrons. The summed E-state index contributed by atoms with van der Waals surface area (Å²) in [5, 5.41) is 2.48. The van der Waals surface area contributed by atoms with Crippen LogP contribution in [0, 0.1) is 18.6 Å². The predicted octanol–water partition coefficient (Wildman–Crippen LogP) is 1.51. The number of rotatable bonds is 1. The Labute approximate surface area is 109 Å². The fourth-order valence-electron chi connectivity index (χ4n) is 2.06. The lowest BCUT2D eigenvalue weighted by Gasteiger charge is -2.36. The SMILES string of the molecule is Cc1cc(F)c(N2C(=O)C(C)NC(=O)C2C)cc1F. The molecule has 0 aliphatic carbocycles. The van der Waals surface area contributed by atoms with Crippen molar-refractivity contribution < 1.29 is 18.4 Å². The van der Waals surface area contributed by atoms with E-state index in [1.807, 2.05) is 0 Å². The first kappa shape index (κ1) is 13.5. The van der Waals surface area contributed by atoms with Gasteiger partial charge in [-0.1, -0.05) is 0 Å². The first-order valence-electron chi connectivity index (χ1n) is 5.92. The number of carbonyl (C=O) groups excluding carboxylic acids is 2. The maximum absolute atomic E-state index is 13.9. The second kappa shape index (κ2) is 4.60. The number of halogens is 2. The number of piperazine rings is 1. The monoisotopic (exact) mass is 268 g/mol. The molecular weight excluding hydrogens is 254 g/mol. The second-order valence-corrected chi connectivity index (χ2v) is 4.67. The normalized spacial score (nSPS) is 23.5. The van der Waals surface area contributed by atoms with E-state index in [0.29, 0.717) is 0 Å². The lowest BCUT2D eigenvalue weighted by atomic mass is 10.1. The van der Waals surface area contributed by atoms with E-state index >= 15 is 0 Å². The summed E-state index contributed by atoms with van der Waals surface area (Å²) in [6.07, 6.45) is 0. The third-order valence-corrected chi connectivity index (χ3v) is 3.22. The first-order valence-corrected chi connectivity index (χ1v) is 5.92. The van der Waals surface area contributed by atoms with Crippen LogP contribution in [-0.2, 0) is 9.59 Å². The van der Waals surface area contributed by atoms with Crippen molar-refractivity contribution in [1.82, 2.24) is 5.32 Å². The van der Waals surface area contributed by atoms with Crippen molar-refractivity contribution in [3.63, 3.8) is 0 Å². The molecule has 1 heterocycles. The number of anilines is 1. The first-order chi connectivity index (χ1) is 8.82. The molecule has 0 radical (unpaired) electrons. The Kier molecular flexibility index (Phi) is 3.26. The minimum absolute atomic E-state index is 0.149. The lowest BCUT2D eigenvalue weighted by Crippen LogP contribution is -2.62. The molecular formula is C13H14F2N2O2. The average molecular weight is 268 g/mol. The number of carbonyl (C=O) groups is 2. The maximum Gasteiger partial charge on any atom is 0.250 e. The van der Waals surface area contributed by atoms with Crippen LogP contribution in [0.25, 0.3) is 0 Å². The molecule has 0 saturated carbocycles. The van der Waals surface area contributed by atoms with E-state index < -0.39 is 35.5 Å². The maximum atomic E-state index is 13.9. The van der Waals surface area contributed by atoms with Gasteiger partial charge >= 0.3 is 0 Å². The van der Waals surface area contributed by atoms with E-state index in [-0.39, 0.29) is 11.3 Å². The molecule has 2 amide bonds. The van der Waals surface area contributed by atoms with Gasteiger partial charge in [0, 0.05) is 6.07 Å². The van der Waals surface area contributed by atoms with Gasteiger partial charge in [0.2, 0.25) is 11.8 Å². The van der Waals surface area contributed by atoms with Crippen molar-refractivity contribution in [2.45, 2.75) is 32.9 Å². The van der Waals surface area contributed by atoms with Gasteiger partial charge in [0.15, 0.2) is 0 Å². The number of aryl methyl sites for hydroxylation is 1. The molecule has 1 N–H and O–H groups in total. The third-order valence-electron chi connectivity index (χ3n) is 3.22. The standard InChI is InChI=1S/C13H14F2N2O2/c1-6-4-10(15)11(5-9(6)14)17-8(3)12(18)16-7(2)13(17)19/h4-5,7-8H,1-3H3,(H,16,18). The minimum atomic E-state index is -0.875. The fourth-order valence-corrected chi connectivity index (χ4v) is 2.06. The third kappa shape index (κ3) is 2.18. The zero-order valence-electron chi connectivity index (χ0n) is 10.8. The molecule has 4 nitrogen and oxygen atoms in total. The highest BCUT2D eigenvalue weighted by molar-refractivity contribution is 6.08. The van der Waals surface area contributed by atoms with Crippen LogP contribution in [0.1, 0.15) is 19.4 Å². The Bertz CT molecular complexity index is 560. The quantitative estimate of drug-likeness (QED) is 0.839. The largest absolute Gasteiger partial charge is 0.343 e. The summed E-state index contributed by atoms with van der Waals surface area (Å²) in [5.41, 5.74) is -0.0573. The van der Waals surface area contributed by atoms with Crippen molar-refractivity contribution in [3.05, 3.63) is 29.3 Å². The molecule has 1 saturated heterocycles. The fraction of sp³-hybridized carbons (Fsp3) is 0.385. The van der Waals surface area contributed by atoms with Gasteiger partial charge in [-0.3, -0.25) is 14.5 Å². The summed E-state index contributed by atoms with van der Waals surface area (Å²) >= 11 is 0. The van der Waals surface area contributed by atoms with E-state index in [9.17, 15) is 18.4 Å². The number of nitrogens with zero attached hydrogens (tertiary/aromatic N) is 1. The molecule has 0 aromatic heterocycles. The molecule has 19 heavy (non-hydrogen) atoms. The van der Waals surface area contributed by atoms with Gasteiger partial charge in [-0.05, 0) is 32.4 Å². The van der Waals surface area contributed by atoms with Crippen LogP contribution in [-0.4, -0.2) is 23.9 Å². The molecule has 0 bridgehead atoms. The van der Waals surface area contributed by atoms with Crippen LogP contribution in [0.15, 0.2) is 12.1 Å². The summed E-state index contributed by atoms with van der Waals surface area (Å²) in [6, 6.07) is 0.333. The summed E-state index contributed by atoms with van der Waals surface area (Å²) in [4.78, 5) is 24.7. The Hall–Kier alpha value is -1.98. The van der Waals surface area contributed by atoms with E-state index in [0.717, 1.165) is 17.0 Å². The molecule has 1 aliphatic rings. The zero-order chi connectivity index (χ0) is 14.3. The van der Waals surface area contributed by atoms with Crippen molar-refractivity contribution in [2.24, 2.45) is 0 Å². The van der Waals surface area contributed by atoms with Gasteiger partial charge in [-0.15, -0.1) is 0 Å². The van der Waals surface area contributed by atoms with Crippen molar-refractivity contribution in [3.8, 4) is 0 Å². The number of nitrogens with one attached hydrogen (secondary N) is 1. The summed E-state index contributed by atoms with van der Waals surface area (Å²) in [6.45, 7) is 4.40. The molecule has 1 aliphatic heterocycles. The van der Waals surface area contributed by atoms with Crippen molar-refractivity contribution in [2.75, 3.05) is 4.90 Å². The van der Waals surface area contributed by atoms with Crippen LogP contribution in [0.5, 0.6) is 0 Å². The molecule has 1 fully saturated rings. The number of amides is 2. The van der Waals surface area contributed by atoms with E-state index in [1.165, 1.54) is 20.8 Å².